The SMILES string of the molecule is C=C(C)C(=O)OCCNC(=O)NCCCCCCn1c(=O)n(CCCCCCNC(=O)NCCOC(=O)C(=C)C)c(=O)n(C(CCCCC)NC(=O)NCCOC(=O)C(=C)C)c1=O. The molecule has 0 aliphatic heterocycles. The lowest BCUT2D eigenvalue weighted by molar-refractivity contribution is -0.139. The van der Waals surface area contributed by atoms with Crippen molar-refractivity contribution in [3.63, 3.8) is 0 Å². The third-order valence-electron chi connectivity index (χ3n) is 9.12. The van der Waals surface area contributed by atoms with Crippen LogP contribution in [0, 0.1) is 0 Å². The summed E-state index contributed by atoms with van der Waals surface area (Å²) < 4.78 is 17.8. The molecule has 0 saturated carbocycles. The molecule has 0 saturated heterocycles. The van der Waals surface area contributed by atoms with Crippen molar-refractivity contribution in [2.75, 3.05) is 52.5 Å². The third-order valence-corrected chi connectivity index (χ3v) is 9.12. The number of nitrogens with one attached hydrogen (secondary N) is 6. The Morgan fingerprint density at radius 1 is 0.492 bits per heavy atom. The smallest absolute Gasteiger partial charge is 0.338 e. The first kappa shape index (κ1) is 54.9. The van der Waals surface area contributed by atoms with E-state index in [2.05, 4.69) is 51.6 Å². The monoisotopic (exact) mass is 892 g/mol. The van der Waals surface area contributed by atoms with E-state index in [-0.39, 0.29) is 75.7 Å². The van der Waals surface area contributed by atoms with Crippen LogP contribution in [0.3, 0.4) is 0 Å². The summed E-state index contributed by atoms with van der Waals surface area (Å²) >= 11 is 0. The Bertz CT molecular complexity index is 1790. The number of unbranched alkanes of at least 4 members (excludes halogenated alkanes) is 8. The summed E-state index contributed by atoms with van der Waals surface area (Å²) in [4.78, 5) is 114. The van der Waals surface area contributed by atoms with Crippen molar-refractivity contribution in [1.82, 2.24) is 45.6 Å². The van der Waals surface area contributed by atoms with Crippen molar-refractivity contribution in [2.24, 2.45) is 0 Å². The van der Waals surface area contributed by atoms with E-state index in [9.17, 15) is 43.2 Å². The highest BCUT2D eigenvalue weighted by atomic mass is 16.5. The maximum atomic E-state index is 14.0. The van der Waals surface area contributed by atoms with Crippen LogP contribution in [0.25, 0.3) is 0 Å². The Hall–Kier alpha value is -6.15. The van der Waals surface area contributed by atoms with Gasteiger partial charge in [-0.25, -0.2) is 56.9 Å². The molecule has 21 nitrogen and oxygen atoms in total. The van der Waals surface area contributed by atoms with E-state index in [0.29, 0.717) is 70.9 Å². The van der Waals surface area contributed by atoms with Gasteiger partial charge in [0.25, 0.3) is 0 Å². The molecule has 0 aliphatic carbocycles. The van der Waals surface area contributed by atoms with E-state index in [1.807, 2.05) is 6.92 Å². The first-order chi connectivity index (χ1) is 30.0. The fourth-order valence-electron chi connectivity index (χ4n) is 5.68. The summed E-state index contributed by atoms with van der Waals surface area (Å²) in [7, 11) is 0. The predicted octanol–water partition coefficient (Wildman–Crippen LogP) is 2.63. The molecule has 1 atom stereocenters. The second-order valence-electron chi connectivity index (χ2n) is 14.9. The summed E-state index contributed by atoms with van der Waals surface area (Å²) in [5.74, 6) is -1.70. The molecule has 1 aromatic heterocycles. The third kappa shape index (κ3) is 23.0. The highest BCUT2D eigenvalue weighted by molar-refractivity contribution is 5.87. The number of amides is 6. The van der Waals surface area contributed by atoms with Gasteiger partial charge < -0.3 is 46.1 Å². The van der Waals surface area contributed by atoms with E-state index in [1.165, 1.54) is 20.8 Å². The molecule has 63 heavy (non-hydrogen) atoms. The van der Waals surface area contributed by atoms with Crippen molar-refractivity contribution in [3.05, 3.63) is 67.9 Å². The Morgan fingerprint density at radius 3 is 1.24 bits per heavy atom. The molecule has 1 rings (SSSR count). The van der Waals surface area contributed by atoms with Crippen LogP contribution in [-0.2, 0) is 41.7 Å². The Labute approximate surface area is 368 Å². The van der Waals surface area contributed by atoms with Crippen LogP contribution in [0.2, 0.25) is 0 Å². The molecule has 6 amide bonds. The van der Waals surface area contributed by atoms with E-state index in [0.717, 1.165) is 26.5 Å². The van der Waals surface area contributed by atoms with E-state index in [1.54, 1.807) is 0 Å². The first-order valence-electron chi connectivity index (χ1n) is 21.5. The maximum absolute atomic E-state index is 14.0. The number of urea groups is 3. The van der Waals surface area contributed by atoms with Crippen molar-refractivity contribution in [2.45, 2.75) is 124 Å². The van der Waals surface area contributed by atoms with Crippen LogP contribution >= 0.6 is 0 Å². The standard InChI is InChI=1S/C42H69N9O12/c1-8-9-14-19-33(48-39(57)47-24-29-63-36(54)32(6)7)51-41(59)49(25-17-12-10-15-20-43-37(55)45-22-27-61-34(52)30(2)3)40(58)50(42(51)60)26-18-13-11-16-21-44-38(56)46-23-28-62-35(53)31(4)5/h33H,2,4,6,8-29H2,1,3,5,7H3,(H2,43,45,55)(H2,44,46,56)(H2,47,48,57). The normalized spacial score (nSPS) is 11.0. The van der Waals surface area contributed by atoms with Crippen molar-refractivity contribution < 1.29 is 43.0 Å². The lowest BCUT2D eigenvalue weighted by Crippen LogP contribution is -2.58. The second kappa shape index (κ2) is 31.7. The molecule has 1 aromatic rings. The lowest BCUT2D eigenvalue weighted by Gasteiger charge is -2.23. The number of carbonyl (C=O) groups excluding carboxylic acids is 6. The number of aromatic nitrogens is 3. The van der Waals surface area contributed by atoms with E-state index in [4.69, 9.17) is 14.2 Å². The summed E-state index contributed by atoms with van der Waals surface area (Å²) in [6.45, 7) is 17.8. The Morgan fingerprint density at radius 2 is 0.857 bits per heavy atom. The molecule has 0 aromatic carbocycles. The van der Waals surface area contributed by atoms with Crippen LogP contribution in [0.15, 0.2) is 50.8 Å². The molecule has 0 fully saturated rings. The van der Waals surface area contributed by atoms with E-state index < -0.39 is 59.2 Å². The number of rotatable bonds is 32. The van der Waals surface area contributed by atoms with Gasteiger partial charge in [0.2, 0.25) is 0 Å². The largest absolute Gasteiger partial charge is 0.460 e. The van der Waals surface area contributed by atoms with Gasteiger partial charge >= 0.3 is 53.1 Å². The van der Waals surface area contributed by atoms with Crippen molar-refractivity contribution in [1.29, 1.82) is 0 Å². The van der Waals surface area contributed by atoms with E-state index >= 15 is 0 Å². The topological polar surface area (TPSA) is 268 Å². The molecular formula is C42H69N9O12. The molecule has 6 N–H and O–H groups in total. The fourth-order valence-corrected chi connectivity index (χ4v) is 5.68. The number of hydrogen-bond acceptors (Lipinski definition) is 12. The number of carbonyl (C=O) groups is 6. The molecule has 1 unspecified atom stereocenters. The number of nitrogens with zero attached hydrogens (tertiary/aromatic N) is 3. The van der Waals surface area contributed by atoms with Gasteiger partial charge in [0.15, 0.2) is 0 Å². The van der Waals surface area contributed by atoms with Crippen LogP contribution in [-0.4, -0.2) is 102 Å². The van der Waals surface area contributed by atoms with Crippen molar-refractivity contribution in [3.8, 4) is 0 Å². The van der Waals surface area contributed by atoms with Crippen LogP contribution in [0.1, 0.15) is 111 Å². The minimum Gasteiger partial charge on any atom is -0.460 e. The van der Waals surface area contributed by atoms with Gasteiger partial charge in [0.1, 0.15) is 26.0 Å². The summed E-state index contributed by atoms with van der Waals surface area (Å²) in [6.07, 6.45) is 5.79. The van der Waals surface area contributed by atoms with Crippen molar-refractivity contribution >= 4 is 36.0 Å². The lowest BCUT2D eigenvalue weighted by atomic mass is 10.1. The average molecular weight is 892 g/mol. The Balaban J connectivity index is 3.01. The molecule has 354 valence electrons. The summed E-state index contributed by atoms with van der Waals surface area (Å²) in [6, 6.07) is -1.55. The molecule has 0 bridgehead atoms. The fraction of sp³-hybridized carbons (Fsp3) is 0.643. The van der Waals surface area contributed by atoms with Crippen LogP contribution in [0.5, 0.6) is 0 Å². The molecule has 0 radical (unpaired) electrons. The maximum Gasteiger partial charge on any atom is 0.338 e. The zero-order valence-electron chi connectivity index (χ0n) is 37.5. The molecule has 1 heterocycles. The first-order valence-corrected chi connectivity index (χ1v) is 21.5. The molecule has 21 heteroatoms. The van der Waals surface area contributed by atoms with Gasteiger partial charge in [-0.05, 0) is 59.3 Å². The van der Waals surface area contributed by atoms with Gasteiger partial charge in [0.05, 0.1) is 19.6 Å². The zero-order chi connectivity index (χ0) is 47.2. The highest BCUT2D eigenvalue weighted by Crippen LogP contribution is 2.11. The van der Waals surface area contributed by atoms with Gasteiger partial charge in [-0.1, -0.05) is 65.2 Å². The minimum atomic E-state index is -1.10. The molecule has 0 aliphatic rings. The van der Waals surface area contributed by atoms with Crippen LogP contribution < -0.4 is 49.0 Å². The number of esters is 3. The Kier molecular flexibility index (Phi) is 27.6. The summed E-state index contributed by atoms with van der Waals surface area (Å²) in [5.41, 5.74) is -1.76. The average Bonchev–Trinajstić information content (AvgIpc) is 3.23. The second-order valence-corrected chi connectivity index (χ2v) is 14.9. The molecular weight excluding hydrogens is 823 g/mol. The highest BCUT2D eigenvalue weighted by Gasteiger charge is 2.23. The zero-order valence-corrected chi connectivity index (χ0v) is 37.5. The quantitative estimate of drug-likeness (QED) is 0.0264. The molecule has 0 spiro atoms. The summed E-state index contributed by atoms with van der Waals surface area (Å²) in [5, 5.41) is 15.9. The van der Waals surface area contributed by atoms with Gasteiger partial charge in [0, 0.05) is 42.9 Å². The minimum absolute atomic E-state index is 0.000785. The van der Waals surface area contributed by atoms with Gasteiger partial charge in [-0.2, -0.15) is 0 Å². The number of hydrogen-bond donors (Lipinski definition) is 6. The van der Waals surface area contributed by atoms with Gasteiger partial charge in [-0.15, -0.1) is 0 Å². The van der Waals surface area contributed by atoms with Crippen LogP contribution in [0.4, 0.5) is 14.4 Å². The van der Waals surface area contributed by atoms with Gasteiger partial charge in [-0.3, -0.25) is 0 Å². The number of ether oxygens (including phenoxy) is 3. The predicted molar refractivity (Wildman–Crippen MR) is 236 cm³/mol.